The van der Waals surface area contributed by atoms with Gasteiger partial charge in [-0.25, -0.2) is 9.07 Å². The predicted molar refractivity (Wildman–Crippen MR) is 101 cm³/mol. The first-order chi connectivity index (χ1) is 13.8. The summed E-state index contributed by atoms with van der Waals surface area (Å²) in [7, 11) is 0. The van der Waals surface area contributed by atoms with Crippen LogP contribution >= 0.6 is 0 Å². The predicted octanol–water partition coefficient (Wildman–Crippen LogP) is 2.31. The van der Waals surface area contributed by atoms with Crippen LogP contribution in [0, 0.1) is 19.7 Å². The zero-order valence-electron chi connectivity index (χ0n) is 16.5. The van der Waals surface area contributed by atoms with E-state index in [1.54, 1.807) is 35.6 Å². The van der Waals surface area contributed by atoms with E-state index in [0.717, 1.165) is 0 Å². The highest BCUT2D eigenvalue weighted by Gasteiger charge is 2.45. The molecule has 1 fully saturated rings. The molecule has 1 aliphatic rings. The Morgan fingerprint density at radius 2 is 2.03 bits per heavy atom. The maximum absolute atomic E-state index is 13.2. The van der Waals surface area contributed by atoms with Crippen molar-refractivity contribution in [1.29, 1.82) is 0 Å². The molecule has 8 nitrogen and oxygen atoms in total. The topological polar surface area (TPSA) is 97.3 Å². The van der Waals surface area contributed by atoms with Crippen molar-refractivity contribution < 1.29 is 18.8 Å². The molecule has 3 heterocycles. The monoisotopic (exact) mass is 399 g/mol. The van der Waals surface area contributed by atoms with Crippen LogP contribution in [0.2, 0.25) is 0 Å². The molecule has 0 saturated carbocycles. The Kier molecular flexibility index (Phi) is 4.70. The largest absolute Gasteiger partial charge is 0.378 e. The van der Waals surface area contributed by atoms with Crippen molar-refractivity contribution in [2.45, 2.75) is 39.2 Å². The molecule has 9 heteroatoms. The SMILES string of the molecule is CCc1noc([C@@]2(O)CCN(C(=O)c3c(C)nn(-c4ccc(F)cc4)c3C)C2)n1. The standard InChI is InChI=1S/C20H22FN5O3/c1-4-16-22-19(29-24-16)20(28)9-10-25(11-20)18(27)17-12(2)23-26(13(17)3)15-7-5-14(21)6-8-15/h5-8,28H,4,9-11H2,1-3H3/t20-/m1/s1. The van der Waals surface area contributed by atoms with E-state index in [-0.39, 0.29) is 24.2 Å². The van der Waals surface area contributed by atoms with Gasteiger partial charge in [-0.3, -0.25) is 4.79 Å². The third-order valence-electron chi connectivity index (χ3n) is 5.29. The van der Waals surface area contributed by atoms with Crippen molar-refractivity contribution in [2.24, 2.45) is 0 Å². The molecule has 0 bridgehead atoms. The first kappa shape index (κ1) is 19.3. The van der Waals surface area contributed by atoms with Crippen LogP contribution in [-0.2, 0) is 12.0 Å². The Labute approximate surface area is 166 Å². The van der Waals surface area contributed by atoms with Crippen molar-refractivity contribution in [3.05, 3.63) is 58.7 Å². The van der Waals surface area contributed by atoms with Gasteiger partial charge in [0, 0.05) is 19.4 Å². The highest BCUT2D eigenvalue weighted by atomic mass is 19.1. The lowest BCUT2D eigenvalue weighted by Crippen LogP contribution is -2.35. The van der Waals surface area contributed by atoms with Crippen LogP contribution in [0.1, 0.15) is 46.8 Å². The Balaban J connectivity index is 1.60. The molecule has 2 aromatic heterocycles. The summed E-state index contributed by atoms with van der Waals surface area (Å²) in [5, 5.41) is 19.2. The molecule has 1 N–H and O–H groups in total. The van der Waals surface area contributed by atoms with Gasteiger partial charge < -0.3 is 14.5 Å². The van der Waals surface area contributed by atoms with Crippen LogP contribution in [0.25, 0.3) is 5.69 Å². The molecule has 1 atom stereocenters. The number of carbonyl (C=O) groups excluding carboxylic acids is 1. The fourth-order valence-electron chi connectivity index (χ4n) is 3.67. The van der Waals surface area contributed by atoms with Gasteiger partial charge in [0.2, 0.25) is 0 Å². The van der Waals surface area contributed by atoms with E-state index in [9.17, 15) is 14.3 Å². The third kappa shape index (κ3) is 3.31. The summed E-state index contributed by atoms with van der Waals surface area (Å²) in [5.41, 5.74) is 1.00. The van der Waals surface area contributed by atoms with Crippen LogP contribution in [0.3, 0.4) is 0 Å². The fourth-order valence-corrected chi connectivity index (χ4v) is 3.67. The van der Waals surface area contributed by atoms with Gasteiger partial charge in [0.15, 0.2) is 11.4 Å². The van der Waals surface area contributed by atoms with Crippen molar-refractivity contribution in [2.75, 3.05) is 13.1 Å². The molecule has 1 aromatic carbocycles. The summed E-state index contributed by atoms with van der Waals surface area (Å²) in [6.07, 6.45) is 0.914. The molecule has 1 aliphatic heterocycles. The molecule has 0 unspecified atom stereocenters. The summed E-state index contributed by atoms with van der Waals surface area (Å²) in [4.78, 5) is 19.0. The van der Waals surface area contributed by atoms with Crippen molar-refractivity contribution in [3.63, 3.8) is 0 Å². The molecule has 0 radical (unpaired) electrons. The first-order valence-electron chi connectivity index (χ1n) is 9.49. The summed E-state index contributed by atoms with van der Waals surface area (Å²) < 4.78 is 20.0. The number of aliphatic hydroxyl groups is 1. The van der Waals surface area contributed by atoms with E-state index in [0.29, 0.717) is 47.8 Å². The van der Waals surface area contributed by atoms with Crippen LogP contribution in [0.15, 0.2) is 28.8 Å². The number of rotatable bonds is 4. The lowest BCUT2D eigenvalue weighted by atomic mass is 10.0. The molecule has 0 spiro atoms. The smallest absolute Gasteiger partial charge is 0.260 e. The molecule has 29 heavy (non-hydrogen) atoms. The van der Waals surface area contributed by atoms with Gasteiger partial charge in [-0.05, 0) is 38.1 Å². The van der Waals surface area contributed by atoms with Crippen LogP contribution in [0.4, 0.5) is 4.39 Å². The second-order valence-corrected chi connectivity index (χ2v) is 7.31. The maximum Gasteiger partial charge on any atom is 0.260 e. The average Bonchev–Trinajstić information content (AvgIpc) is 3.40. The number of carbonyl (C=O) groups is 1. The number of hydrogen-bond acceptors (Lipinski definition) is 6. The van der Waals surface area contributed by atoms with Crippen molar-refractivity contribution in [1.82, 2.24) is 24.8 Å². The van der Waals surface area contributed by atoms with E-state index in [1.807, 2.05) is 6.92 Å². The van der Waals surface area contributed by atoms with E-state index in [2.05, 4.69) is 15.2 Å². The number of amides is 1. The van der Waals surface area contributed by atoms with Gasteiger partial charge in [0.1, 0.15) is 5.82 Å². The Hall–Kier alpha value is -3.07. The number of β-amino-alcohol motifs (C(OH)–C–C–N with tert-alkyl or cyclic N) is 1. The average molecular weight is 399 g/mol. The minimum Gasteiger partial charge on any atom is -0.378 e. The quantitative estimate of drug-likeness (QED) is 0.723. The second-order valence-electron chi connectivity index (χ2n) is 7.31. The number of aryl methyl sites for hydroxylation is 2. The second kappa shape index (κ2) is 7.07. The molecular weight excluding hydrogens is 377 g/mol. The highest BCUT2D eigenvalue weighted by molar-refractivity contribution is 5.96. The molecule has 4 rings (SSSR count). The number of likely N-dealkylation sites (tertiary alicyclic amines) is 1. The number of aromatic nitrogens is 4. The lowest BCUT2D eigenvalue weighted by molar-refractivity contribution is 0.0136. The highest BCUT2D eigenvalue weighted by Crippen LogP contribution is 2.32. The Bertz CT molecular complexity index is 1060. The van der Waals surface area contributed by atoms with Crippen molar-refractivity contribution in [3.8, 4) is 5.69 Å². The summed E-state index contributed by atoms with van der Waals surface area (Å²) in [5.74, 6) is 0.0975. The van der Waals surface area contributed by atoms with Gasteiger partial charge in [-0.15, -0.1) is 0 Å². The van der Waals surface area contributed by atoms with Gasteiger partial charge in [-0.1, -0.05) is 12.1 Å². The zero-order valence-corrected chi connectivity index (χ0v) is 16.5. The Morgan fingerprint density at radius 1 is 1.31 bits per heavy atom. The van der Waals surface area contributed by atoms with E-state index >= 15 is 0 Å². The number of benzene rings is 1. The first-order valence-corrected chi connectivity index (χ1v) is 9.49. The molecule has 1 saturated heterocycles. The lowest BCUT2D eigenvalue weighted by Gasteiger charge is -2.20. The summed E-state index contributed by atoms with van der Waals surface area (Å²) >= 11 is 0. The van der Waals surface area contributed by atoms with Gasteiger partial charge >= 0.3 is 0 Å². The van der Waals surface area contributed by atoms with Crippen LogP contribution in [0.5, 0.6) is 0 Å². The minimum absolute atomic E-state index is 0.0673. The Morgan fingerprint density at radius 3 is 2.69 bits per heavy atom. The third-order valence-corrected chi connectivity index (χ3v) is 5.29. The van der Waals surface area contributed by atoms with Crippen molar-refractivity contribution >= 4 is 5.91 Å². The number of halogens is 1. The maximum atomic E-state index is 13.2. The molecule has 3 aromatic rings. The van der Waals surface area contributed by atoms with Gasteiger partial charge in [0.25, 0.3) is 11.8 Å². The molecule has 1 amide bonds. The van der Waals surface area contributed by atoms with E-state index in [1.165, 1.54) is 12.1 Å². The number of hydrogen-bond donors (Lipinski definition) is 1. The van der Waals surface area contributed by atoms with Crippen LogP contribution < -0.4 is 0 Å². The van der Waals surface area contributed by atoms with Gasteiger partial charge in [-0.2, -0.15) is 10.1 Å². The fraction of sp³-hybridized carbons (Fsp3) is 0.400. The number of nitrogens with zero attached hydrogens (tertiary/aromatic N) is 5. The van der Waals surface area contributed by atoms with Crippen LogP contribution in [-0.4, -0.2) is 48.9 Å². The van der Waals surface area contributed by atoms with E-state index in [4.69, 9.17) is 4.52 Å². The normalized spacial score (nSPS) is 19.1. The minimum atomic E-state index is -1.36. The molecular formula is C20H22FN5O3. The van der Waals surface area contributed by atoms with Gasteiger partial charge in [0.05, 0.1) is 29.2 Å². The zero-order chi connectivity index (χ0) is 20.8. The molecule has 152 valence electrons. The van der Waals surface area contributed by atoms with E-state index < -0.39 is 5.60 Å². The summed E-state index contributed by atoms with van der Waals surface area (Å²) in [6.45, 7) is 5.88. The summed E-state index contributed by atoms with van der Waals surface area (Å²) in [6, 6.07) is 5.92. The molecule has 0 aliphatic carbocycles.